The summed E-state index contributed by atoms with van der Waals surface area (Å²) in [5.41, 5.74) is 1.64. The number of benzene rings is 1. The molecule has 3 nitrogen and oxygen atoms in total. The van der Waals surface area contributed by atoms with E-state index in [0.717, 1.165) is 37.4 Å². The first-order valence-corrected chi connectivity index (χ1v) is 8.27. The lowest BCUT2D eigenvalue weighted by Crippen LogP contribution is -2.29. The van der Waals surface area contributed by atoms with Crippen molar-refractivity contribution in [3.63, 3.8) is 0 Å². The normalized spacial score (nSPS) is 23.5. The number of anilines is 2. The Balaban J connectivity index is 1.58. The third-order valence-corrected chi connectivity index (χ3v) is 4.61. The minimum absolute atomic E-state index is 0.104. The van der Waals surface area contributed by atoms with Crippen LogP contribution in [0.3, 0.4) is 0 Å². The predicted molar refractivity (Wildman–Crippen MR) is 86.6 cm³/mol. The fourth-order valence-corrected chi connectivity index (χ4v) is 3.54. The molecule has 2 aliphatic rings. The van der Waals surface area contributed by atoms with Gasteiger partial charge in [-0.1, -0.05) is 0 Å². The van der Waals surface area contributed by atoms with E-state index in [1.165, 1.54) is 25.7 Å². The third-order valence-electron chi connectivity index (χ3n) is 4.61. The molecule has 2 N–H and O–H groups in total. The van der Waals surface area contributed by atoms with Gasteiger partial charge in [-0.2, -0.15) is 0 Å². The standard InChI is InChI=1S/C17H26FN3/c1-13(11-14-5-4-8-19-14)20-15-6-7-17(16(18)12-15)21-9-2-3-10-21/h6-7,12-14,19-20H,2-5,8-11H2,1H3. The summed E-state index contributed by atoms with van der Waals surface area (Å²) >= 11 is 0. The maximum absolute atomic E-state index is 14.3. The van der Waals surface area contributed by atoms with Crippen molar-refractivity contribution >= 4 is 11.4 Å². The van der Waals surface area contributed by atoms with Crippen LogP contribution in [0.2, 0.25) is 0 Å². The van der Waals surface area contributed by atoms with Gasteiger partial charge in [0.2, 0.25) is 0 Å². The molecule has 21 heavy (non-hydrogen) atoms. The van der Waals surface area contributed by atoms with Gasteiger partial charge in [0.05, 0.1) is 5.69 Å². The highest BCUT2D eigenvalue weighted by molar-refractivity contribution is 5.57. The minimum Gasteiger partial charge on any atom is -0.382 e. The Labute approximate surface area is 126 Å². The Morgan fingerprint density at radius 2 is 2.14 bits per heavy atom. The topological polar surface area (TPSA) is 27.3 Å². The van der Waals surface area contributed by atoms with Crippen LogP contribution in [0.1, 0.15) is 39.0 Å². The summed E-state index contributed by atoms with van der Waals surface area (Å²) in [5, 5.41) is 6.94. The van der Waals surface area contributed by atoms with Crippen molar-refractivity contribution in [2.75, 3.05) is 29.9 Å². The number of halogens is 1. The van der Waals surface area contributed by atoms with Crippen LogP contribution in [0, 0.1) is 5.82 Å². The van der Waals surface area contributed by atoms with Gasteiger partial charge in [-0.25, -0.2) is 4.39 Å². The smallest absolute Gasteiger partial charge is 0.148 e. The lowest BCUT2D eigenvalue weighted by Gasteiger charge is -2.22. The van der Waals surface area contributed by atoms with E-state index in [1.807, 2.05) is 12.1 Å². The minimum atomic E-state index is -0.104. The monoisotopic (exact) mass is 291 g/mol. The zero-order chi connectivity index (χ0) is 14.7. The molecule has 3 rings (SSSR count). The van der Waals surface area contributed by atoms with Gasteiger partial charge in [0, 0.05) is 30.9 Å². The van der Waals surface area contributed by atoms with Crippen molar-refractivity contribution in [2.24, 2.45) is 0 Å². The van der Waals surface area contributed by atoms with E-state index in [-0.39, 0.29) is 5.82 Å². The van der Waals surface area contributed by atoms with E-state index in [0.29, 0.717) is 12.1 Å². The summed E-state index contributed by atoms with van der Waals surface area (Å²) < 4.78 is 14.3. The Morgan fingerprint density at radius 1 is 1.33 bits per heavy atom. The van der Waals surface area contributed by atoms with Crippen LogP contribution in [-0.2, 0) is 0 Å². The SMILES string of the molecule is CC(CC1CCCN1)Nc1ccc(N2CCCC2)c(F)c1. The van der Waals surface area contributed by atoms with Crippen molar-refractivity contribution in [3.05, 3.63) is 24.0 Å². The number of rotatable bonds is 5. The average Bonchev–Trinajstić information content (AvgIpc) is 3.11. The second-order valence-corrected chi connectivity index (χ2v) is 6.43. The van der Waals surface area contributed by atoms with Gasteiger partial charge in [0.15, 0.2) is 0 Å². The summed E-state index contributed by atoms with van der Waals surface area (Å²) in [6, 6.07) is 6.55. The second kappa shape index (κ2) is 6.65. The molecule has 1 aromatic rings. The molecule has 2 heterocycles. The average molecular weight is 291 g/mol. The van der Waals surface area contributed by atoms with Gasteiger partial charge in [0.1, 0.15) is 5.82 Å². The van der Waals surface area contributed by atoms with E-state index in [9.17, 15) is 4.39 Å². The number of nitrogens with zero attached hydrogens (tertiary/aromatic N) is 1. The third kappa shape index (κ3) is 3.67. The van der Waals surface area contributed by atoms with Crippen molar-refractivity contribution < 1.29 is 4.39 Å². The van der Waals surface area contributed by atoms with Crippen LogP contribution in [0.15, 0.2) is 18.2 Å². The van der Waals surface area contributed by atoms with Crippen molar-refractivity contribution in [1.82, 2.24) is 5.32 Å². The summed E-state index contributed by atoms with van der Waals surface area (Å²) in [7, 11) is 0. The van der Waals surface area contributed by atoms with E-state index in [2.05, 4.69) is 22.5 Å². The number of hydrogen-bond donors (Lipinski definition) is 2. The highest BCUT2D eigenvalue weighted by Gasteiger charge is 2.18. The predicted octanol–water partition coefficient (Wildman–Crippen LogP) is 3.37. The molecule has 0 aromatic heterocycles. The molecule has 1 aromatic carbocycles. The number of hydrogen-bond acceptors (Lipinski definition) is 3. The molecule has 2 unspecified atom stereocenters. The van der Waals surface area contributed by atoms with Crippen LogP contribution < -0.4 is 15.5 Å². The van der Waals surface area contributed by atoms with E-state index >= 15 is 0 Å². The van der Waals surface area contributed by atoms with Gasteiger partial charge in [0.25, 0.3) is 0 Å². The quantitative estimate of drug-likeness (QED) is 0.871. The first kappa shape index (κ1) is 14.6. The van der Waals surface area contributed by atoms with Crippen molar-refractivity contribution in [1.29, 1.82) is 0 Å². The maximum Gasteiger partial charge on any atom is 0.148 e. The highest BCUT2D eigenvalue weighted by atomic mass is 19.1. The Bertz CT molecular complexity index is 465. The molecule has 0 radical (unpaired) electrons. The largest absolute Gasteiger partial charge is 0.382 e. The fourth-order valence-electron chi connectivity index (χ4n) is 3.54. The van der Waals surface area contributed by atoms with Crippen LogP contribution in [0.5, 0.6) is 0 Å². The second-order valence-electron chi connectivity index (χ2n) is 6.43. The van der Waals surface area contributed by atoms with Gasteiger partial charge in [-0.3, -0.25) is 0 Å². The molecule has 2 aliphatic heterocycles. The van der Waals surface area contributed by atoms with E-state index in [1.54, 1.807) is 6.07 Å². The zero-order valence-electron chi connectivity index (χ0n) is 12.9. The van der Waals surface area contributed by atoms with Crippen LogP contribution >= 0.6 is 0 Å². The van der Waals surface area contributed by atoms with E-state index in [4.69, 9.17) is 0 Å². The molecule has 0 spiro atoms. The number of nitrogens with one attached hydrogen (secondary N) is 2. The van der Waals surface area contributed by atoms with Crippen LogP contribution in [-0.4, -0.2) is 31.7 Å². The van der Waals surface area contributed by atoms with Crippen LogP contribution in [0.4, 0.5) is 15.8 Å². The van der Waals surface area contributed by atoms with Gasteiger partial charge in [-0.05, 0) is 63.8 Å². The molecule has 2 saturated heterocycles. The molecule has 0 saturated carbocycles. The zero-order valence-corrected chi connectivity index (χ0v) is 12.9. The first-order chi connectivity index (χ1) is 10.2. The van der Waals surface area contributed by atoms with Gasteiger partial charge in [-0.15, -0.1) is 0 Å². The molecule has 0 amide bonds. The molecule has 0 bridgehead atoms. The Hall–Kier alpha value is -1.29. The lowest BCUT2D eigenvalue weighted by atomic mass is 10.1. The summed E-state index contributed by atoms with van der Waals surface area (Å²) in [4.78, 5) is 2.14. The Morgan fingerprint density at radius 3 is 2.81 bits per heavy atom. The summed E-state index contributed by atoms with van der Waals surface area (Å²) in [6.45, 7) is 5.27. The molecule has 2 atom stereocenters. The molecule has 116 valence electrons. The van der Waals surface area contributed by atoms with E-state index < -0.39 is 0 Å². The lowest BCUT2D eigenvalue weighted by molar-refractivity contribution is 0.523. The summed E-state index contributed by atoms with van der Waals surface area (Å²) in [5.74, 6) is -0.104. The van der Waals surface area contributed by atoms with Gasteiger partial charge >= 0.3 is 0 Å². The van der Waals surface area contributed by atoms with Crippen molar-refractivity contribution in [2.45, 2.75) is 51.1 Å². The molecular formula is C17H26FN3. The van der Waals surface area contributed by atoms with Gasteiger partial charge < -0.3 is 15.5 Å². The summed E-state index contributed by atoms with van der Waals surface area (Å²) in [6.07, 6.45) is 5.97. The highest BCUT2D eigenvalue weighted by Crippen LogP contribution is 2.26. The first-order valence-electron chi connectivity index (χ1n) is 8.27. The fraction of sp³-hybridized carbons (Fsp3) is 0.647. The van der Waals surface area contributed by atoms with Crippen LogP contribution in [0.25, 0.3) is 0 Å². The molecule has 4 heteroatoms. The maximum atomic E-state index is 14.3. The molecular weight excluding hydrogens is 265 g/mol. The Kier molecular flexibility index (Phi) is 4.63. The molecule has 2 fully saturated rings. The van der Waals surface area contributed by atoms with Crippen molar-refractivity contribution in [3.8, 4) is 0 Å². The molecule has 0 aliphatic carbocycles.